The molecule has 4 heteroatoms. The molecule has 0 radical (unpaired) electrons. The van der Waals surface area contributed by atoms with Gasteiger partial charge in [-0.25, -0.2) is 0 Å². The third-order valence-corrected chi connectivity index (χ3v) is 5.58. The first-order valence-electron chi connectivity index (χ1n) is 7.67. The zero-order chi connectivity index (χ0) is 15.8. The average molecular weight is 314 g/mol. The Kier molecular flexibility index (Phi) is 6.17. The molecule has 2 rings (SSSR count). The highest BCUT2D eigenvalue weighted by Crippen LogP contribution is 2.18. The molecule has 0 fully saturated rings. The molecule has 2 aromatic carbocycles. The van der Waals surface area contributed by atoms with Gasteiger partial charge >= 0.3 is 8.80 Å². The van der Waals surface area contributed by atoms with Crippen molar-refractivity contribution >= 4 is 19.6 Å². The van der Waals surface area contributed by atoms with Crippen LogP contribution in [0.1, 0.15) is 26.3 Å². The van der Waals surface area contributed by atoms with Crippen LogP contribution in [-0.4, -0.2) is 28.6 Å². The molecule has 0 unspecified atom stereocenters. The summed E-state index contributed by atoms with van der Waals surface area (Å²) in [6.07, 6.45) is 0. The molecular weight excluding hydrogens is 292 g/mol. The van der Waals surface area contributed by atoms with E-state index in [0.29, 0.717) is 19.8 Å². The Morgan fingerprint density at radius 2 is 1.41 bits per heavy atom. The van der Waals surface area contributed by atoms with Crippen LogP contribution in [0.4, 0.5) is 0 Å². The van der Waals surface area contributed by atoms with Crippen molar-refractivity contribution in [2.75, 3.05) is 19.8 Å². The van der Waals surface area contributed by atoms with Gasteiger partial charge in [-0.3, -0.25) is 0 Å². The third kappa shape index (κ3) is 3.96. The number of rotatable bonds is 6. The molecule has 0 atom stereocenters. The van der Waals surface area contributed by atoms with Crippen LogP contribution >= 0.6 is 0 Å². The lowest BCUT2D eigenvalue weighted by atomic mass is 10.1. The first kappa shape index (κ1) is 16.7. The number of hydrogen-bond acceptors (Lipinski definition) is 3. The van der Waals surface area contributed by atoms with E-state index in [1.165, 1.54) is 5.39 Å². The van der Waals surface area contributed by atoms with Crippen LogP contribution in [0.2, 0.25) is 0 Å². The summed E-state index contributed by atoms with van der Waals surface area (Å²) in [6.45, 7) is 7.36. The monoisotopic (exact) mass is 314 g/mol. The molecule has 0 bridgehead atoms. The fourth-order valence-electron chi connectivity index (χ4n) is 2.28. The van der Waals surface area contributed by atoms with Gasteiger partial charge < -0.3 is 13.3 Å². The van der Waals surface area contributed by atoms with Gasteiger partial charge in [-0.05, 0) is 43.2 Å². The quantitative estimate of drug-likeness (QED) is 0.600. The van der Waals surface area contributed by atoms with E-state index in [1.807, 2.05) is 45.0 Å². The molecule has 0 aliphatic rings. The van der Waals surface area contributed by atoms with Gasteiger partial charge in [0.15, 0.2) is 0 Å². The third-order valence-electron chi connectivity index (χ3n) is 3.14. The van der Waals surface area contributed by atoms with Gasteiger partial charge in [0.1, 0.15) is 0 Å². The first-order valence-corrected chi connectivity index (χ1v) is 9.40. The van der Waals surface area contributed by atoms with Gasteiger partial charge in [0.25, 0.3) is 0 Å². The maximum atomic E-state index is 5.77. The molecule has 2 aromatic rings. The highest BCUT2D eigenvalue weighted by molar-refractivity contribution is 6.69. The molecule has 3 nitrogen and oxygen atoms in total. The van der Waals surface area contributed by atoms with Crippen LogP contribution < -0.4 is 0 Å². The van der Waals surface area contributed by atoms with E-state index in [-0.39, 0.29) is 0 Å². The highest BCUT2D eigenvalue weighted by Gasteiger charge is 2.39. The Balaban J connectivity index is 2.42. The summed E-state index contributed by atoms with van der Waals surface area (Å²) in [5, 5.41) is 2.30. The zero-order valence-electron chi connectivity index (χ0n) is 13.4. The normalized spacial score (nSPS) is 11.2. The second-order valence-electron chi connectivity index (χ2n) is 4.63. The first-order chi connectivity index (χ1) is 10.7. The minimum absolute atomic E-state index is 0.524. The lowest BCUT2D eigenvalue weighted by Gasteiger charge is -2.22. The SMILES string of the molecule is CCO[Si](C#Cc1cccc2ccccc12)(OCC)OCC. The van der Waals surface area contributed by atoms with Gasteiger partial charge in [0, 0.05) is 25.4 Å². The number of benzene rings is 2. The Morgan fingerprint density at radius 1 is 0.818 bits per heavy atom. The van der Waals surface area contributed by atoms with Gasteiger partial charge in [0.2, 0.25) is 0 Å². The molecule has 116 valence electrons. The molecule has 0 saturated heterocycles. The largest absolute Gasteiger partial charge is 0.591 e. The Labute approximate surface area is 133 Å². The Morgan fingerprint density at radius 3 is 2.05 bits per heavy atom. The second-order valence-corrected chi connectivity index (χ2v) is 6.86. The van der Waals surface area contributed by atoms with Crippen LogP contribution in [-0.2, 0) is 13.3 Å². The highest BCUT2D eigenvalue weighted by atomic mass is 28.4. The van der Waals surface area contributed by atoms with Crippen LogP contribution in [0.3, 0.4) is 0 Å². The maximum Gasteiger partial charge on any atom is 0.591 e. The van der Waals surface area contributed by atoms with Crippen molar-refractivity contribution in [1.29, 1.82) is 0 Å². The van der Waals surface area contributed by atoms with Crippen LogP contribution in [0.15, 0.2) is 42.5 Å². The minimum Gasteiger partial charge on any atom is -0.364 e. The smallest absolute Gasteiger partial charge is 0.364 e. The van der Waals surface area contributed by atoms with Gasteiger partial charge in [-0.2, -0.15) is 0 Å². The van der Waals surface area contributed by atoms with Crippen LogP contribution in [0.5, 0.6) is 0 Å². The molecule has 0 aliphatic carbocycles. The maximum absolute atomic E-state index is 5.77. The number of hydrogen-bond donors (Lipinski definition) is 0. The fourth-order valence-corrected chi connectivity index (χ4v) is 4.18. The van der Waals surface area contributed by atoms with E-state index in [0.717, 1.165) is 10.9 Å². The standard InChI is InChI=1S/C18H22O3Si/c1-4-19-22(20-5-2,21-6-3)15-14-17-12-9-11-16-10-7-8-13-18(16)17/h7-13H,4-6H2,1-3H3. The van der Waals surface area contributed by atoms with E-state index >= 15 is 0 Å². The van der Waals surface area contributed by atoms with Crippen molar-refractivity contribution in [2.45, 2.75) is 20.8 Å². The molecule has 0 aromatic heterocycles. The molecule has 22 heavy (non-hydrogen) atoms. The Bertz CT molecular complexity index is 650. The molecule has 0 N–H and O–H groups in total. The summed E-state index contributed by atoms with van der Waals surface area (Å²) < 4.78 is 17.3. The predicted molar refractivity (Wildman–Crippen MR) is 91.5 cm³/mol. The predicted octanol–water partition coefficient (Wildman–Crippen LogP) is 3.78. The van der Waals surface area contributed by atoms with Gasteiger partial charge in [0.05, 0.1) is 0 Å². The van der Waals surface area contributed by atoms with Gasteiger partial charge in [-0.1, -0.05) is 42.3 Å². The minimum atomic E-state index is -2.93. The van der Waals surface area contributed by atoms with Crippen molar-refractivity contribution in [3.05, 3.63) is 48.0 Å². The van der Waals surface area contributed by atoms with E-state index in [1.54, 1.807) is 0 Å². The molecule has 0 saturated carbocycles. The van der Waals surface area contributed by atoms with E-state index in [4.69, 9.17) is 13.3 Å². The molecule has 0 spiro atoms. The van der Waals surface area contributed by atoms with E-state index in [9.17, 15) is 0 Å². The van der Waals surface area contributed by atoms with Crippen LogP contribution in [0, 0.1) is 11.5 Å². The van der Waals surface area contributed by atoms with Crippen molar-refractivity contribution < 1.29 is 13.3 Å². The van der Waals surface area contributed by atoms with Crippen molar-refractivity contribution in [3.8, 4) is 11.5 Å². The molecular formula is C18H22O3Si. The lowest BCUT2D eigenvalue weighted by Crippen LogP contribution is -2.45. The summed E-state index contributed by atoms with van der Waals surface area (Å²) >= 11 is 0. The summed E-state index contributed by atoms with van der Waals surface area (Å²) in [7, 11) is -2.93. The van der Waals surface area contributed by atoms with Crippen LogP contribution in [0.25, 0.3) is 10.8 Å². The molecule has 0 aliphatic heterocycles. The zero-order valence-corrected chi connectivity index (χ0v) is 14.4. The summed E-state index contributed by atoms with van der Waals surface area (Å²) in [5.74, 6) is 3.22. The van der Waals surface area contributed by atoms with Crippen molar-refractivity contribution in [3.63, 3.8) is 0 Å². The fraction of sp³-hybridized carbons (Fsp3) is 0.333. The van der Waals surface area contributed by atoms with E-state index in [2.05, 4.69) is 29.7 Å². The molecule has 0 heterocycles. The Hall–Kier alpha value is -1.64. The molecule has 0 amide bonds. The van der Waals surface area contributed by atoms with Crippen molar-refractivity contribution in [2.24, 2.45) is 0 Å². The summed E-state index contributed by atoms with van der Waals surface area (Å²) in [4.78, 5) is 0. The lowest BCUT2D eigenvalue weighted by molar-refractivity contribution is 0.0870. The second kappa shape index (κ2) is 8.11. The van der Waals surface area contributed by atoms with Gasteiger partial charge in [-0.15, -0.1) is 0 Å². The summed E-state index contributed by atoms with van der Waals surface area (Å²) in [5.41, 5.74) is 4.13. The summed E-state index contributed by atoms with van der Waals surface area (Å²) in [6, 6.07) is 14.3. The number of fused-ring (bicyclic) bond motifs is 1. The van der Waals surface area contributed by atoms with Crippen molar-refractivity contribution in [1.82, 2.24) is 0 Å². The average Bonchev–Trinajstić information content (AvgIpc) is 2.54. The topological polar surface area (TPSA) is 27.7 Å². The van der Waals surface area contributed by atoms with E-state index < -0.39 is 8.80 Å².